The first-order chi connectivity index (χ1) is 8.15. The fourth-order valence-electron chi connectivity index (χ4n) is 2.92. The summed E-state index contributed by atoms with van der Waals surface area (Å²) in [6.45, 7) is 3.07. The largest absolute Gasteiger partial charge is 0.361 e. The van der Waals surface area contributed by atoms with Crippen LogP contribution in [-0.4, -0.2) is 17.7 Å². The molecule has 1 saturated heterocycles. The minimum atomic E-state index is 0.466. The number of nitrogens with one attached hydrogen (secondary N) is 2. The van der Waals surface area contributed by atoms with E-state index in [4.69, 9.17) is 23.8 Å². The zero-order valence-corrected chi connectivity index (χ0v) is 11.3. The smallest absolute Gasteiger partial charge is 0.166 e. The van der Waals surface area contributed by atoms with Crippen molar-refractivity contribution in [2.75, 3.05) is 6.54 Å². The molecule has 0 bridgehead atoms. The fourth-order valence-corrected chi connectivity index (χ4v) is 3.33. The minimum Gasteiger partial charge on any atom is -0.361 e. The molecule has 2 atom stereocenters. The predicted octanol–water partition coefficient (Wildman–Crippen LogP) is 2.21. The Balaban J connectivity index is 1.83. The van der Waals surface area contributed by atoms with Gasteiger partial charge >= 0.3 is 0 Å². The van der Waals surface area contributed by atoms with E-state index >= 15 is 0 Å². The molecule has 1 fully saturated rings. The Morgan fingerprint density at radius 3 is 2.88 bits per heavy atom. The quantitative estimate of drug-likeness (QED) is 0.762. The molecule has 1 aromatic carbocycles. The van der Waals surface area contributed by atoms with E-state index in [0.29, 0.717) is 12.0 Å². The number of rotatable bonds is 1. The topological polar surface area (TPSA) is 24.1 Å². The van der Waals surface area contributed by atoms with Gasteiger partial charge in [0.2, 0.25) is 0 Å². The zero-order valence-electron chi connectivity index (χ0n) is 9.72. The van der Waals surface area contributed by atoms with Crippen LogP contribution in [0.4, 0.5) is 0 Å². The summed E-state index contributed by atoms with van der Waals surface area (Å²) in [6.07, 6.45) is 2.25. The van der Waals surface area contributed by atoms with Gasteiger partial charge < -0.3 is 10.6 Å². The Morgan fingerprint density at radius 2 is 2.18 bits per heavy atom. The van der Waals surface area contributed by atoms with Crippen LogP contribution in [0.2, 0.25) is 5.02 Å². The van der Waals surface area contributed by atoms with Gasteiger partial charge in [-0.15, -0.1) is 0 Å². The summed E-state index contributed by atoms with van der Waals surface area (Å²) in [5.74, 6) is 0.634. The van der Waals surface area contributed by atoms with Gasteiger partial charge in [0.1, 0.15) is 0 Å². The van der Waals surface area contributed by atoms with Crippen LogP contribution in [0.1, 0.15) is 16.7 Å². The van der Waals surface area contributed by atoms with E-state index in [1.165, 1.54) is 16.7 Å². The molecule has 0 saturated carbocycles. The van der Waals surface area contributed by atoms with Gasteiger partial charge in [0.15, 0.2) is 5.11 Å². The third kappa shape index (κ3) is 1.91. The summed E-state index contributed by atoms with van der Waals surface area (Å²) in [6, 6.07) is 4.65. The van der Waals surface area contributed by atoms with Gasteiger partial charge in [0, 0.05) is 17.6 Å². The Morgan fingerprint density at radius 1 is 1.35 bits per heavy atom. The van der Waals surface area contributed by atoms with Crippen molar-refractivity contribution in [3.8, 4) is 0 Å². The lowest BCUT2D eigenvalue weighted by molar-refractivity contribution is 0.432. The molecule has 1 aliphatic carbocycles. The standard InChI is InChI=1S/C13H15ClN2S/c1-7-10-5-9(12-6-15-13(17)16-12)4-8(10)2-3-11(7)14/h2-3,9,12H,4-6H2,1H3,(H2,15,16,17). The number of thiocarbonyl (C=S) groups is 1. The first-order valence-electron chi connectivity index (χ1n) is 5.96. The summed E-state index contributed by atoms with van der Waals surface area (Å²) in [4.78, 5) is 0. The second kappa shape index (κ2) is 4.14. The molecule has 0 aromatic heterocycles. The highest BCUT2D eigenvalue weighted by molar-refractivity contribution is 7.80. The number of halogens is 1. The summed E-state index contributed by atoms with van der Waals surface area (Å²) in [7, 11) is 0. The second-order valence-electron chi connectivity index (χ2n) is 4.94. The van der Waals surface area contributed by atoms with Crippen LogP contribution in [0.25, 0.3) is 0 Å². The van der Waals surface area contributed by atoms with Crippen molar-refractivity contribution in [2.24, 2.45) is 5.92 Å². The van der Waals surface area contributed by atoms with Crippen LogP contribution in [0, 0.1) is 12.8 Å². The highest BCUT2D eigenvalue weighted by Crippen LogP contribution is 2.34. The Bertz CT molecular complexity index is 487. The monoisotopic (exact) mass is 266 g/mol. The van der Waals surface area contributed by atoms with Gasteiger partial charge in [-0.1, -0.05) is 17.7 Å². The average molecular weight is 267 g/mol. The third-order valence-corrected chi connectivity index (χ3v) is 4.62. The summed E-state index contributed by atoms with van der Waals surface area (Å²) in [5.41, 5.74) is 4.15. The molecule has 1 aromatic rings. The first-order valence-corrected chi connectivity index (χ1v) is 6.75. The fraction of sp³-hybridized carbons (Fsp3) is 0.462. The van der Waals surface area contributed by atoms with Crippen molar-refractivity contribution >= 4 is 28.9 Å². The number of hydrogen-bond acceptors (Lipinski definition) is 1. The molecule has 3 rings (SSSR count). The van der Waals surface area contributed by atoms with E-state index < -0.39 is 0 Å². The number of hydrogen-bond donors (Lipinski definition) is 2. The van der Waals surface area contributed by atoms with Crippen LogP contribution in [0.3, 0.4) is 0 Å². The summed E-state index contributed by atoms with van der Waals surface area (Å²) >= 11 is 11.3. The van der Waals surface area contributed by atoms with Crippen LogP contribution >= 0.6 is 23.8 Å². The molecular formula is C13H15ClN2S. The van der Waals surface area contributed by atoms with Crippen LogP contribution < -0.4 is 10.6 Å². The van der Waals surface area contributed by atoms with Crippen molar-refractivity contribution in [3.63, 3.8) is 0 Å². The lowest BCUT2D eigenvalue weighted by Gasteiger charge is -2.16. The third-order valence-electron chi connectivity index (χ3n) is 3.95. The van der Waals surface area contributed by atoms with Crippen LogP contribution in [0.15, 0.2) is 12.1 Å². The van der Waals surface area contributed by atoms with Crippen LogP contribution in [0.5, 0.6) is 0 Å². The molecule has 17 heavy (non-hydrogen) atoms. The molecule has 0 radical (unpaired) electrons. The molecule has 2 N–H and O–H groups in total. The normalized spacial score (nSPS) is 26.6. The van der Waals surface area contributed by atoms with Crippen molar-refractivity contribution in [2.45, 2.75) is 25.8 Å². The number of benzene rings is 1. The predicted molar refractivity (Wildman–Crippen MR) is 74.6 cm³/mol. The van der Waals surface area contributed by atoms with Crippen molar-refractivity contribution in [1.29, 1.82) is 0 Å². The van der Waals surface area contributed by atoms with Gasteiger partial charge in [-0.05, 0) is 60.7 Å². The maximum absolute atomic E-state index is 6.17. The molecule has 90 valence electrons. The maximum atomic E-state index is 6.17. The van der Waals surface area contributed by atoms with E-state index in [-0.39, 0.29) is 0 Å². The van der Waals surface area contributed by atoms with E-state index in [1.54, 1.807) is 0 Å². The highest BCUT2D eigenvalue weighted by atomic mass is 35.5. The minimum absolute atomic E-state index is 0.466. The van der Waals surface area contributed by atoms with E-state index in [2.05, 4.69) is 23.6 Å². The Labute approximate surface area is 112 Å². The van der Waals surface area contributed by atoms with Gasteiger partial charge in [-0.3, -0.25) is 0 Å². The van der Waals surface area contributed by atoms with Gasteiger partial charge in [0.25, 0.3) is 0 Å². The van der Waals surface area contributed by atoms with Gasteiger partial charge in [-0.2, -0.15) is 0 Å². The molecule has 4 heteroatoms. The first kappa shape index (κ1) is 11.3. The highest BCUT2D eigenvalue weighted by Gasteiger charge is 2.32. The number of fused-ring (bicyclic) bond motifs is 1. The molecule has 2 unspecified atom stereocenters. The van der Waals surface area contributed by atoms with E-state index in [9.17, 15) is 0 Å². The maximum Gasteiger partial charge on any atom is 0.166 e. The molecule has 0 amide bonds. The molecule has 1 aliphatic heterocycles. The van der Waals surface area contributed by atoms with Gasteiger partial charge in [0.05, 0.1) is 0 Å². The van der Waals surface area contributed by atoms with Crippen molar-refractivity contribution < 1.29 is 0 Å². The molecule has 0 spiro atoms. The average Bonchev–Trinajstić information content (AvgIpc) is 2.90. The Hall–Kier alpha value is -0.800. The van der Waals surface area contributed by atoms with Gasteiger partial charge in [-0.25, -0.2) is 0 Å². The molecular weight excluding hydrogens is 252 g/mol. The Kier molecular flexibility index (Phi) is 2.75. The lowest BCUT2D eigenvalue weighted by Crippen LogP contribution is -2.34. The van der Waals surface area contributed by atoms with E-state index in [1.807, 2.05) is 6.07 Å². The summed E-state index contributed by atoms with van der Waals surface area (Å²) < 4.78 is 0. The summed E-state index contributed by atoms with van der Waals surface area (Å²) in [5, 5.41) is 8.22. The van der Waals surface area contributed by atoms with Crippen LogP contribution in [-0.2, 0) is 12.8 Å². The molecule has 1 heterocycles. The second-order valence-corrected chi connectivity index (χ2v) is 5.75. The zero-order chi connectivity index (χ0) is 12.0. The molecule has 2 aliphatic rings. The van der Waals surface area contributed by atoms with E-state index in [0.717, 1.165) is 29.5 Å². The van der Waals surface area contributed by atoms with Crippen molar-refractivity contribution in [3.05, 3.63) is 33.8 Å². The SMILES string of the molecule is Cc1c(Cl)ccc2c1CC(C1CNC(=S)N1)C2. The lowest BCUT2D eigenvalue weighted by atomic mass is 9.97. The molecule has 2 nitrogen and oxygen atoms in total. The van der Waals surface area contributed by atoms with Crippen molar-refractivity contribution in [1.82, 2.24) is 10.6 Å².